The van der Waals surface area contributed by atoms with Crippen molar-refractivity contribution in [2.24, 2.45) is 5.73 Å². The Bertz CT molecular complexity index is 265. The monoisotopic (exact) mass is 243 g/mol. The highest BCUT2D eigenvalue weighted by Crippen LogP contribution is 2.04. The largest absolute Gasteiger partial charge is 0.379 e. The highest BCUT2D eigenvalue weighted by Gasteiger charge is 2.21. The second-order valence-corrected chi connectivity index (χ2v) is 4.25. The SMILES string of the molecule is CCCCN(CC(N)=O)C(=O)NC1CCOC1. The molecule has 0 radical (unpaired) electrons. The molecule has 6 heteroatoms. The number of nitrogens with two attached hydrogens (primary N) is 1. The lowest BCUT2D eigenvalue weighted by molar-refractivity contribution is -0.118. The van der Waals surface area contributed by atoms with E-state index in [-0.39, 0.29) is 18.6 Å². The average Bonchev–Trinajstić information content (AvgIpc) is 2.76. The van der Waals surface area contributed by atoms with Gasteiger partial charge in [0, 0.05) is 13.2 Å². The zero-order valence-corrected chi connectivity index (χ0v) is 10.3. The van der Waals surface area contributed by atoms with Gasteiger partial charge in [0.15, 0.2) is 0 Å². The van der Waals surface area contributed by atoms with Crippen molar-refractivity contribution < 1.29 is 14.3 Å². The fraction of sp³-hybridized carbons (Fsp3) is 0.818. The van der Waals surface area contributed by atoms with E-state index in [1.807, 2.05) is 6.92 Å². The summed E-state index contributed by atoms with van der Waals surface area (Å²) >= 11 is 0. The Morgan fingerprint density at radius 3 is 2.82 bits per heavy atom. The van der Waals surface area contributed by atoms with Crippen LogP contribution in [0.5, 0.6) is 0 Å². The third kappa shape index (κ3) is 5.04. The first-order valence-electron chi connectivity index (χ1n) is 6.05. The number of nitrogens with zero attached hydrogens (tertiary/aromatic N) is 1. The molecule has 98 valence electrons. The summed E-state index contributed by atoms with van der Waals surface area (Å²) in [6, 6.07) is -0.174. The zero-order chi connectivity index (χ0) is 12.7. The quantitative estimate of drug-likeness (QED) is 0.692. The molecule has 1 aliphatic rings. The number of hydrogen-bond donors (Lipinski definition) is 2. The van der Waals surface area contributed by atoms with Crippen molar-refractivity contribution >= 4 is 11.9 Å². The van der Waals surface area contributed by atoms with Gasteiger partial charge in [0.05, 0.1) is 12.6 Å². The normalized spacial score (nSPS) is 19.0. The second-order valence-electron chi connectivity index (χ2n) is 4.25. The molecular formula is C11H21N3O3. The van der Waals surface area contributed by atoms with E-state index in [9.17, 15) is 9.59 Å². The Morgan fingerprint density at radius 1 is 1.53 bits per heavy atom. The van der Waals surface area contributed by atoms with Crippen LogP contribution in [0, 0.1) is 0 Å². The van der Waals surface area contributed by atoms with E-state index in [1.54, 1.807) is 0 Å². The Labute approximate surface area is 101 Å². The van der Waals surface area contributed by atoms with E-state index in [1.165, 1.54) is 4.90 Å². The number of primary amides is 1. The van der Waals surface area contributed by atoms with E-state index in [4.69, 9.17) is 10.5 Å². The molecule has 1 unspecified atom stereocenters. The lowest BCUT2D eigenvalue weighted by Crippen LogP contribution is -2.48. The van der Waals surface area contributed by atoms with Crippen LogP contribution in [0.2, 0.25) is 0 Å². The highest BCUT2D eigenvalue weighted by molar-refractivity contribution is 5.83. The van der Waals surface area contributed by atoms with E-state index >= 15 is 0 Å². The van der Waals surface area contributed by atoms with Crippen LogP contribution in [0.25, 0.3) is 0 Å². The standard InChI is InChI=1S/C11H21N3O3/c1-2-3-5-14(7-10(12)15)11(16)13-9-4-6-17-8-9/h9H,2-8H2,1H3,(H2,12,15)(H,13,16). The fourth-order valence-corrected chi connectivity index (χ4v) is 1.70. The van der Waals surface area contributed by atoms with E-state index < -0.39 is 5.91 Å². The van der Waals surface area contributed by atoms with Gasteiger partial charge in [0.1, 0.15) is 6.54 Å². The molecule has 1 rings (SSSR count). The van der Waals surface area contributed by atoms with Crippen LogP contribution in [-0.4, -0.2) is 49.2 Å². The first kappa shape index (κ1) is 13.8. The average molecular weight is 243 g/mol. The topological polar surface area (TPSA) is 84.7 Å². The van der Waals surface area contributed by atoms with Gasteiger partial charge in [-0.3, -0.25) is 4.79 Å². The van der Waals surface area contributed by atoms with Crippen LogP contribution in [0.1, 0.15) is 26.2 Å². The number of urea groups is 1. The van der Waals surface area contributed by atoms with Crippen molar-refractivity contribution in [1.82, 2.24) is 10.2 Å². The molecule has 1 fully saturated rings. The van der Waals surface area contributed by atoms with Gasteiger partial charge < -0.3 is 20.7 Å². The van der Waals surface area contributed by atoms with Crippen LogP contribution in [0.15, 0.2) is 0 Å². The predicted octanol–water partition coefficient (Wildman–Crippen LogP) is 0.0723. The molecule has 0 bridgehead atoms. The molecule has 0 aromatic carbocycles. The molecule has 17 heavy (non-hydrogen) atoms. The smallest absolute Gasteiger partial charge is 0.318 e. The molecule has 6 nitrogen and oxygen atoms in total. The molecule has 3 amide bonds. The third-order valence-electron chi connectivity index (χ3n) is 2.67. The molecule has 3 N–H and O–H groups in total. The van der Waals surface area contributed by atoms with Crippen molar-refractivity contribution in [3.8, 4) is 0 Å². The summed E-state index contributed by atoms with van der Waals surface area (Å²) in [5.74, 6) is -0.487. The summed E-state index contributed by atoms with van der Waals surface area (Å²) in [5.41, 5.74) is 5.13. The lowest BCUT2D eigenvalue weighted by atomic mass is 10.2. The lowest BCUT2D eigenvalue weighted by Gasteiger charge is -2.23. The maximum absolute atomic E-state index is 11.9. The fourth-order valence-electron chi connectivity index (χ4n) is 1.70. The van der Waals surface area contributed by atoms with Crippen LogP contribution < -0.4 is 11.1 Å². The Kier molecular flexibility index (Phi) is 5.76. The first-order valence-corrected chi connectivity index (χ1v) is 6.05. The minimum Gasteiger partial charge on any atom is -0.379 e. The Hall–Kier alpha value is -1.30. The highest BCUT2D eigenvalue weighted by atomic mass is 16.5. The van der Waals surface area contributed by atoms with Crippen molar-refractivity contribution in [1.29, 1.82) is 0 Å². The molecule has 0 aromatic rings. The van der Waals surface area contributed by atoms with Gasteiger partial charge in [-0.1, -0.05) is 13.3 Å². The summed E-state index contributed by atoms with van der Waals surface area (Å²) < 4.78 is 5.18. The van der Waals surface area contributed by atoms with Gasteiger partial charge in [0.25, 0.3) is 0 Å². The van der Waals surface area contributed by atoms with Crippen LogP contribution in [0.3, 0.4) is 0 Å². The Balaban J connectivity index is 2.42. The van der Waals surface area contributed by atoms with Gasteiger partial charge in [-0.2, -0.15) is 0 Å². The number of rotatable bonds is 6. The number of nitrogens with one attached hydrogen (secondary N) is 1. The summed E-state index contributed by atoms with van der Waals surface area (Å²) in [6.07, 6.45) is 2.65. The number of carbonyl (C=O) groups excluding carboxylic acids is 2. The minimum atomic E-state index is -0.487. The van der Waals surface area contributed by atoms with Gasteiger partial charge in [-0.15, -0.1) is 0 Å². The maximum atomic E-state index is 11.9. The van der Waals surface area contributed by atoms with Crippen molar-refractivity contribution in [2.45, 2.75) is 32.2 Å². The third-order valence-corrected chi connectivity index (χ3v) is 2.67. The molecule has 1 saturated heterocycles. The molecule has 1 atom stereocenters. The van der Waals surface area contributed by atoms with Gasteiger partial charge in [-0.25, -0.2) is 4.79 Å². The van der Waals surface area contributed by atoms with E-state index in [0.717, 1.165) is 19.3 Å². The summed E-state index contributed by atoms with van der Waals surface area (Å²) in [7, 11) is 0. The van der Waals surface area contributed by atoms with Crippen LogP contribution in [-0.2, 0) is 9.53 Å². The zero-order valence-electron chi connectivity index (χ0n) is 10.3. The molecule has 1 aliphatic heterocycles. The summed E-state index contributed by atoms with van der Waals surface area (Å²) in [4.78, 5) is 24.2. The van der Waals surface area contributed by atoms with E-state index in [0.29, 0.717) is 19.8 Å². The minimum absolute atomic E-state index is 0.0284. The van der Waals surface area contributed by atoms with Crippen molar-refractivity contribution in [3.05, 3.63) is 0 Å². The molecule has 1 heterocycles. The van der Waals surface area contributed by atoms with Crippen molar-refractivity contribution in [2.75, 3.05) is 26.3 Å². The van der Waals surface area contributed by atoms with Gasteiger partial charge in [0.2, 0.25) is 5.91 Å². The molecule has 0 spiro atoms. The van der Waals surface area contributed by atoms with Crippen molar-refractivity contribution in [3.63, 3.8) is 0 Å². The molecule has 0 aromatic heterocycles. The molecular weight excluding hydrogens is 222 g/mol. The van der Waals surface area contributed by atoms with Gasteiger partial charge in [-0.05, 0) is 12.8 Å². The summed E-state index contributed by atoms with van der Waals surface area (Å²) in [5, 5.41) is 2.85. The number of unbranched alkanes of at least 4 members (excludes halogenated alkanes) is 1. The maximum Gasteiger partial charge on any atom is 0.318 e. The van der Waals surface area contributed by atoms with Gasteiger partial charge >= 0.3 is 6.03 Å². The van der Waals surface area contributed by atoms with Crippen LogP contribution in [0.4, 0.5) is 4.79 Å². The summed E-state index contributed by atoms with van der Waals surface area (Å²) in [6.45, 7) is 3.78. The number of hydrogen-bond acceptors (Lipinski definition) is 3. The second kappa shape index (κ2) is 7.11. The Morgan fingerprint density at radius 2 is 2.29 bits per heavy atom. The molecule has 0 saturated carbocycles. The number of amides is 3. The number of ether oxygens (including phenoxy) is 1. The van der Waals surface area contributed by atoms with Crippen LogP contribution >= 0.6 is 0 Å². The molecule has 0 aliphatic carbocycles. The van der Waals surface area contributed by atoms with E-state index in [2.05, 4.69) is 5.32 Å². The predicted molar refractivity (Wildman–Crippen MR) is 63.4 cm³/mol. The first-order chi connectivity index (χ1) is 8.13. The number of carbonyl (C=O) groups is 2.